The zero-order valence-corrected chi connectivity index (χ0v) is 12.9. The Kier molecular flexibility index (Phi) is 4.57. The summed E-state index contributed by atoms with van der Waals surface area (Å²) in [5.41, 5.74) is 1.49. The normalized spacial score (nSPS) is 30.3. The van der Waals surface area contributed by atoms with Crippen molar-refractivity contribution in [2.45, 2.75) is 37.6 Å². The highest BCUT2D eigenvalue weighted by molar-refractivity contribution is 9.10. The molecule has 1 aliphatic heterocycles. The van der Waals surface area contributed by atoms with Gasteiger partial charge < -0.3 is 10.1 Å². The summed E-state index contributed by atoms with van der Waals surface area (Å²) in [6, 6.07) is 9.53. The molecule has 1 heterocycles. The number of nitrogens with one attached hydrogen (secondary N) is 1. The Morgan fingerprint density at radius 1 is 1.21 bits per heavy atom. The van der Waals surface area contributed by atoms with Gasteiger partial charge in [0.2, 0.25) is 0 Å². The van der Waals surface area contributed by atoms with Crippen LogP contribution in [0.4, 0.5) is 0 Å². The Morgan fingerprint density at radius 2 is 2.00 bits per heavy atom. The predicted octanol–water partition coefficient (Wildman–Crippen LogP) is 3.71. The predicted molar refractivity (Wildman–Crippen MR) is 81.5 cm³/mol. The van der Waals surface area contributed by atoms with Gasteiger partial charge in [-0.1, -0.05) is 28.1 Å². The number of benzene rings is 1. The van der Waals surface area contributed by atoms with Gasteiger partial charge >= 0.3 is 0 Å². The van der Waals surface area contributed by atoms with E-state index in [1.54, 1.807) is 0 Å². The molecule has 1 atom stereocenters. The number of hydrogen-bond acceptors (Lipinski definition) is 2. The highest BCUT2D eigenvalue weighted by Crippen LogP contribution is 2.37. The number of rotatable bonds is 5. The molecule has 2 nitrogen and oxygen atoms in total. The first-order valence-electron chi connectivity index (χ1n) is 7.38. The summed E-state index contributed by atoms with van der Waals surface area (Å²) in [6.07, 6.45) is 5.12. The molecule has 1 saturated carbocycles. The van der Waals surface area contributed by atoms with Crippen molar-refractivity contribution in [3.8, 4) is 0 Å². The van der Waals surface area contributed by atoms with Crippen LogP contribution in [-0.2, 0) is 4.74 Å². The van der Waals surface area contributed by atoms with E-state index in [-0.39, 0.29) is 0 Å². The summed E-state index contributed by atoms with van der Waals surface area (Å²) in [4.78, 5) is 0. The summed E-state index contributed by atoms with van der Waals surface area (Å²) in [5.74, 6) is 1.57. The maximum absolute atomic E-state index is 5.41. The highest BCUT2D eigenvalue weighted by atomic mass is 79.9. The minimum Gasteiger partial charge on any atom is -0.381 e. The summed E-state index contributed by atoms with van der Waals surface area (Å²) >= 11 is 3.49. The molecule has 2 aliphatic rings. The molecule has 1 saturated heterocycles. The average Bonchev–Trinajstić information content (AvgIpc) is 2.87. The van der Waals surface area contributed by atoms with Crippen LogP contribution in [0.5, 0.6) is 0 Å². The van der Waals surface area contributed by atoms with Crippen molar-refractivity contribution in [3.05, 3.63) is 34.3 Å². The van der Waals surface area contributed by atoms with Crippen molar-refractivity contribution in [1.82, 2.24) is 5.32 Å². The van der Waals surface area contributed by atoms with Crippen molar-refractivity contribution in [2.75, 3.05) is 19.8 Å². The van der Waals surface area contributed by atoms with Gasteiger partial charge in [-0.05, 0) is 61.8 Å². The van der Waals surface area contributed by atoms with E-state index in [1.807, 2.05) is 0 Å². The van der Waals surface area contributed by atoms with Crippen molar-refractivity contribution in [1.29, 1.82) is 0 Å². The van der Waals surface area contributed by atoms with E-state index in [0.29, 0.717) is 0 Å². The molecule has 1 aromatic rings. The lowest BCUT2D eigenvalue weighted by Crippen LogP contribution is -2.40. The van der Waals surface area contributed by atoms with Crippen molar-refractivity contribution < 1.29 is 4.74 Å². The topological polar surface area (TPSA) is 21.3 Å². The van der Waals surface area contributed by atoms with Crippen molar-refractivity contribution >= 4 is 15.9 Å². The second-order valence-electron chi connectivity index (χ2n) is 5.89. The van der Waals surface area contributed by atoms with Crippen LogP contribution in [0, 0.1) is 5.92 Å². The molecule has 0 spiro atoms. The summed E-state index contributed by atoms with van der Waals surface area (Å²) in [6.45, 7) is 3.11. The van der Waals surface area contributed by atoms with E-state index in [1.165, 1.54) is 35.7 Å². The fourth-order valence-corrected chi connectivity index (χ4v) is 3.36. The monoisotopic (exact) mass is 323 g/mol. The van der Waals surface area contributed by atoms with E-state index in [2.05, 4.69) is 45.5 Å². The van der Waals surface area contributed by atoms with E-state index < -0.39 is 0 Å². The Hall–Kier alpha value is -0.380. The smallest absolute Gasteiger partial charge is 0.0495 e. The third-order valence-electron chi connectivity index (χ3n) is 4.49. The van der Waals surface area contributed by atoms with Crippen LogP contribution in [0.1, 0.15) is 37.2 Å². The summed E-state index contributed by atoms with van der Waals surface area (Å²) in [5, 5.41) is 3.69. The third kappa shape index (κ3) is 3.59. The molecular formula is C16H22BrNO. The van der Waals surface area contributed by atoms with Gasteiger partial charge in [-0.3, -0.25) is 0 Å². The van der Waals surface area contributed by atoms with Gasteiger partial charge in [0.15, 0.2) is 0 Å². The Balaban J connectivity index is 1.34. The third-order valence-corrected chi connectivity index (χ3v) is 5.02. The molecule has 104 valence electrons. The second-order valence-corrected chi connectivity index (χ2v) is 6.80. The average molecular weight is 324 g/mol. The first kappa shape index (κ1) is 13.6. The van der Waals surface area contributed by atoms with Crippen LogP contribution in [0.15, 0.2) is 28.7 Å². The molecule has 3 heteroatoms. The Morgan fingerprint density at radius 3 is 2.68 bits per heavy atom. The van der Waals surface area contributed by atoms with Gasteiger partial charge in [0.05, 0.1) is 0 Å². The number of ether oxygens (including phenoxy) is 1. The summed E-state index contributed by atoms with van der Waals surface area (Å²) in [7, 11) is 0. The molecule has 2 fully saturated rings. The van der Waals surface area contributed by atoms with Gasteiger partial charge in [-0.15, -0.1) is 0 Å². The van der Waals surface area contributed by atoms with Crippen molar-refractivity contribution in [2.24, 2.45) is 5.92 Å². The first-order valence-corrected chi connectivity index (χ1v) is 8.17. The quantitative estimate of drug-likeness (QED) is 0.891. The zero-order chi connectivity index (χ0) is 13.1. The van der Waals surface area contributed by atoms with Gasteiger partial charge in [-0.25, -0.2) is 0 Å². The molecule has 0 aromatic heterocycles. The fourth-order valence-electron chi connectivity index (χ4n) is 3.09. The molecule has 0 radical (unpaired) electrons. The van der Waals surface area contributed by atoms with E-state index in [0.717, 1.165) is 37.6 Å². The number of hydrogen-bond donors (Lipinski definition) is 1. The van der Waals surface area contributed by atoms with Gasteiger partial charge in [0, 0.05) is 23.7 Å². The molecular weight excluding hydrogens is 302 g/mol. The highest BCUT2D eigenvalue weighted by Gasteiger charge is 2.29. The fraction of sp³-hybridized carbons (Fsp3) is 0.625. The van der Waals surface area contributed by atoms with Gasteiger partial charge in [0.1, 0.15) is 0 Å². The van der Waals surface area contributed by atoms with Crippen molar-refractivity contribution in [3.63, 3.8) is 0 Å². The van der Waals surface area contributed by atoms with Crippen LogP contribution in [0.3, 0.4) is 0 Å². The van der Waals surface area contributed by atoms with Crippen LogP contribution >= 0.6 is 15.9 Å². The van der Waals surface area contributed by atoms with Gasteiger partial charge in [0.25, 0.3) is 0 Å². The molecule has 0 bridgehead atoms. The summed E-state index contributed by atoms with van der Waals surface area (Å²) < 4.78 is 6.58. The lowest BCUT2D eigenvalue weighted by atomic mass is 9.76. The lowest BCUT2D eigenvalue weighted by molar-refractivity contribution is 0.183. The molecule has 1 aliphatic carbocycles. The second kappa shape index (κ2) is 6.38. The molecule has 19 heavy (non-hydrogen) atoms. The standard InChI is InChI=1S/C16H22BrNO/c17-15-3-1-13(2-4-15)14-9-16(10-14)18-7-5-12-6-8-19-11-12/h1-4,12,14,16,18H,5-11H2. The van der Waals surface area contributed by atoms with E-state index >= 15 is 0 Å². The van der Waals surface area contributed by atoms with E-state index in [9.17, 15) is 0 Å². The number of halogens is 1. The van der Waals surface area contributed by atoms with E-state index in [4.69, 9.17) is 4.74 Å². The van der Waals surface area contributed by atoms with Gasteiger partial charge in [-0.2, -0.15) is 0 Å². The Labute approximate surface area is 124 Å². The maximum atomic E-state index is 5.41. The van der Waals surface area contributed by atoms with Crippen LogP contribution in [0.25, 0.3) is 0 Å². The zero-order valence-electron chi connectivity index (χ0n) is 11.3. The lowest BCUT2D eigenvalue weighted by Gasteiger charge is -2.36. The molecule has 1 unspecified atom stereocenters. The molecule has 0 amide bonds. The minimum atomic E-state index is 0.732. The molecule has 3 rings (SSSR count). The van der Waals surface area contributed by atoms with Crippen LogP contribution < -0.4 is 5.32 Å². The molecule has 1 aromatic carbocycles. The Bertz CT molecular complexity index is 394. The maximum Gasteiger partial charge on any atom is 0.0495 e. The molecule has 1 N–H and O–H groups in total. The minimum absolute atomic E-state index is 0.732. The van der Waals surface area contributed by atoms with Crippen LogP contribution in [0.2, 0.25) is 0 Å². The van der Waals surface area contributed by atoms with Crippen LogP contribution in [-0.4, -0.2) is 25.8 Å². The SMILES string of the molecule is Brc1ccc(C2CC(NCCC3CCOC3)C2)cc1. The largest absolute Gasteiger partial charge is 0.381 e. The first-order chi connectivity index (χ1) is 9.31.